The van der Waals surface area contributed by atoms with Gasteiger partial charge in [0.25, 0.3) is 0 Å². The van der Waals surface area contributed by atoms with Crippen molar-refractivity contribution in [3.63, 3.8) is 0 Å². The van der Waals surface area contributed by atoms with Crippen molar-refractivity contribution in [1.82, 2.24) is 14.9 Å². The molecule has 0 fully saturated rings. The van der Waals surface area contributed by atoms with Crippen molar-refractivity contribution in [3.8, 4) is 6.01 Å². The molecule has 25 heavy (non-hydrogen) atoms. The summed E-state index contributed by atoms with van der Waals surface area (Å²) in [6.45, 7) is 4.09. The second-order valence-corrected chi connectivity index (χ2v) is 6.11. The lowest BCUT2D eigenvalue weighted by Gasteiger charge is -2.29. The molecule has 2 atom stereocenters. The van der Waals surface area contributed by atoms with Gasteiger partial charge in [0.1, 0.15) is 18.4 Å². The first-order valence-corrected chi connectivity index (χ1v) is 7.75. The van der Waals surface area contributed by atoms with E-state index in [0.717, 1.165) is 5.56 Å². The van der Waals surface area contributed by atoms with Crippen LogP contribution in [0.2, 0.25) is 0 Å². The molecule has 1 aliphatic rings. The van der Waals surface area contributed by atoms with Crippen molar-refractivity contribution in [2.24, 2.45) is 0 Å². The van der Waals surface area contributed by atoms with Crippen molar-refractivity contribution < 1.29 is 19.2 Å². The van der Waals surface area contributed by atoms with Crippen LogP contribution in [0.15, 0.2) is 36.5 Å². The molecule has 0 radical (unpaired) electrons. The molecule has 0 aliphatic carbocycles. The Morgan fingerprint density at radius 1 is 1.52 bits per heavy atom. The van der Waals surface area contributed by atoms with Gasteiger partial charge < -0.3 is 24.9 Å². The van der Waals surface area contributed by atoms with Crippen LogP contribution < -0.4 is 10.1 Å². The van der Waals surface area contributed by atoms with E-state index in [2.05, 4.69) is 10.3 Å². The second kappa shape index (κ2) is 6.42. The fraction of sp³-hybridized carbons (Fsp3) is 0.375. The van der Waals surface area contributed by atoms with E-state index in [1.165, 1.54) is 6.20 Å². The maximum Gasteiger partial charge on any atom is 0.415 e. The van der Waals surface area contributed by atoms with Crippen LogP contribution in [0.25, 0.3) is 0 Å². The monoisotopic (exact) mass is 346 g/mol. The third kappa shape index (κ3) is 3.54. The number of ether oxygens (including phenoxy) is 2. The number of hydrogen-bond acceptors (Lipinski definition) is 6. The summed E-state index contributed by atoms with van der Waals surface area (Å²) in [5.74, 6) is -0.264. The predicted molar refractivity (Wildman–Crippen MR) is 87.1 cm³/mol. The molecule has 1 aromatic heterocycles. The fourth-order valence-corrected chi connectivity index (χ4v) is 2.57. The largest absolute Gasteiger partial charge is 0.445 e. The zero-order chi connectivity index (χ0) is 18.0. The number of nitrogens with zero attached hydrogens (tertiary/aromatic N) is 3. The highest BCUT2D eigenvalue weighted by molar-refractivity contribution is 5.67. The number of aromatic nitrogens is 2. The highest BCUT2D eigenvalue weighted by atomic mass is 16.6. The Labute approximate surface area is 143 Å². The fourth-order valence-electron chi connectivity index (χ4n) is 2.57. The minimum Gasteiger partial charge on any atom is -0.445 e. The molecule has 1 N–H and O–H groups in total. The normalized spacial score (nSPS) is 19.6. The van der Waals surface area contributed by atoms with Gasteiger partial charge in [0, 0.05) is 4.98 Å². The smallest absolute Gasteiger partial charge is 0.415 e. The molecular formula is C16H18N4O5. The van der Waals surface area contributed by atoms with E-state index in [1.807, 2.05) is 30.3 Å². The van der Waals surface area contributed by atoms with Gasteiger partial charge in [0.2, 0.25) is 0 Å². The van der Waals surface area contributed by atoms with E-state index in [1.54, 1.807) is 18.4 Å². The highest BCUT2D eigenvalue weighted by Crippen LogP contribution is 2.32. The summed E-state index contributed by atoms with van der Waals surface area (Å²) in [4.78, 5) is 26.0. The van der Waals surface area contributed by atoms with Crippen LogP contribution in [0, 0.1) is 10.1 Å². The molecule has 0 saturated carbocycles. The molecule has 132 valence electrons. The highest BCUT2D eigenvalue weighted by Gasteiger charge is 2.45. The van der Waals surface area contributed by atoms with Gasteiger partial charge in [0.15, 0.2) is 0 Å². The van der Waals surface area contributed by atoms with Gasteiger partial charge in [-0.2, -0.15) is 0 Å². The number of rotatable bonds is 5. The van der Waals surface area contributed by atoms with E-state index in [4.69, 9.17) is 9.47 Å². The number of carbonyl (C=O) groups is 1. The Morgan fingerprint density at radius 2 is 2.24 bits per heavy atom. The SMILES string of the molecule is CC(NC(=O)OCc1ccccc1)C1(C)Cn2cc([N+](=O)[O-])nc2O1. The standard InChI is InChI=1S/C16H18N4O5/c1-11(17-15(21)24-9-12-6-4-3-5-7-12)16(2)10-19-8-13(20(22)23)18-14(19)25-16/h3-8,11H,9-10H2,1-2H3,(H,17,21). The van der Waals surface area contributed by atoms with Crippen LogP contribution in [-0.2, 0) is 17.9 Å². The number of amides is 1. The lowest BCUT2D eigenvalue weighted by molar-refractivity contribution is -0.389. The number of fused-ring (bicyclic) bond motifs is 1. The van der Waals surface area contributed by atoms with E-state index in [9.17, 15) is 14.9 Å². The summed E-state index contributed by atoms with van der Waals surface area (Å²) < 4.78 is 12.5. The van der Waals surface area contributed by atoms with Gasteiger partial charge in [-0.3, -0.25) is 4.57 Å². The zero-order valence-corrected chi connectivity index (χ0v) is 13.8. The summed E-state index contributed by atoms with van der Waals surface area (Å²) >= 11 is 0. The summed E-state index contributed by atoms with van der Waals surface area (Å²) in [6, 6.07) is 9.13. The molecule has 3 rings (SSSR count). The first-order chi connectivity index (χ1) is 11.9. The van der Waals surface area contributed by atoms with Crippen molar-refractivity contribution in [2.45, 2.75) is 38.6 Å². The summed E-state index contributed by atoms with van der Waals surface area (Å²) in [5.41, 5.74) is 0.115. The Morgan fingerprint density at radius 3 is 2.88 bits per heavy atom. The van der Waals surface area contributed by atoms with Crippen molar-refractivity contribution in [1.29, 1.82) is 0 Å². The van der Waals surface area contributed by atoms with Crippen LogP contribution >= 0.6 is 0 Å². The molecular weight excluding hydrogens is 328 g/mol. The molecule has 2 heterocycles. The zero-order valence-electron chi connectivity index (χ0n) is 13.8. The third-order valence-corrected chi connectivity index (χ3v) is 4.19. The first kappa shape index (κ1) is 16.7. The molecule has 2 aromatic rings. The topological polar surface area (TPSA) is 109 Å². The van der Waals surface area contributed by atoms with Gasteiger partial charge in [-0.25, -0.2) is 4.79 Å². The molecule has 2 unspecified atom stereocenters. The van der Waals surface area contributed by atoms with Crippen molar-refractivity contribution in [2.75, 3.05) is 0 Å². The quantitative estimate of drug-likeness (QED) is 0.657. The van der Waals surface area contributed by atoms with E-state index in [0.29, 0.717) is 6.54 Å². The first-order valence-electron chi connectivity index (χ1n) is 7.75. The summed E-state index contributed by atoms with van der Waals surface area (Å²) in [6.07, 6.45) is 0.762. The van der Waals surface area contributed by atoms with Crippen molar-refractivity contribution in [3.05, 3.63) is 52.2 Å². The van der Waals surface area contributed by atoms with Gasteiger partial charge in [-0.15, -0.1) is 0 Å². The molecule has 1 aromatic carbocycles. The Balaban J connectivity index is 1.55. The average molecular weight is 346 g/mol. The second-order valence-electron chi connectivity index (χ2n) is 6.11. The lowest BCUT2D eigenvalue weighted by Crippen LogP contribution is -2.52. The molecule has 9 heteroatoms. The number of nitrogens with one attached hydrogen (secondary N) is 1. The Bertz CT molecular complexity index is 766. The number of imidazole rings is 1. The van der Waals surface area contributed by atoms with Crippen LogP contribution in [0.3, 0.4) is 0 Å². The van der Waals surface area contributed by atoms with Gasteiger partial charge in [-0.05, 0) is 24.3 Å². The molecule has 0 bridgehead atoms. The third-order valence-electron chi connectivity index (χ3n) is 4.19. The lowest BCUT2D eigenvalue weighted by atomic mass is 9.98. The minimum absolute atomic E-state index is 0.167. The summed E-state index contributed by atoms with van der Waals surface area (Å²) in [5, 5.41) is 13.5. The number of nitro groups is 1. The van der Waals surface area contributed by atoms with Gasteiger partial charge in [0.05, 0.1) is 12.6 Å². The molecule has 1 amide bonds. The number of hydrogen-bond donors (Lipinski definition) is 1. The molecule has 9 nitrogen and oxygen atoms in total. The maximum absolute atomic E-state index is 12.0. The molecule has 1 aliphatic heterocycles. The van der Waals surface area contributed by atoms with Crippen LogP contribution in [-0.4, -0.2) is 32.2 Å². The summed E-state index contributed by atoms with van der Waals surface area (Å²) in [7, 11) is 0. The number of alkyl carbamates (subject to hydrolysis) is 1. The van der Waals surface area contributed by atoms with E-state index < -0.39 is 22.7 Å². The molecule has 0 saturated heterocycles. The Kier molecular flexibility index (Phi) is 4.30. The van der Waals surface area contributed by atoms with E-state index >= 15 is 0 Å². The van der Waals surface area contributed by atoms with Crippen LogP contribution in [0.1, 0.15) is 19.4 Å². The minimum atomic E-state index is -0.775. The van der Waals surface area contributed by atoms with Crippen molar-refractivity contribution >= 4 is 11.9 Å². The average Bonchev–Trinajstić information content (AvgIpc) is 3.10. The Hall–Kier alpha value is -3.10. The molecule has 0 spiro atoms. The number of benzene rings is 1. The van der Waals surface area contributed by atoms with Gasteiger partial charge >= 0.3 is 17.9 Å². The number of carbonyl (C=O) groups excluding carboxylic acids is 1. The van der Waals surface area contributed by atoms with Crippen LogP contribution in [0.4, 0.5) is 10.6 Å². The van der Waals surface area contributed by atoms with Crippen LogP contribution in [0.5, 0.6) is 6.01 Å². The van der Waals surface area contributed by atoms with E-state index in [-0.39, 0.29) is 18.4 Å². The predicted octanol–water partition coefficient (Wildman–Crippen LogP) is 2.26. The maximum atomic E-state index is 12.0. The van der Waals surface area contributed by atoms with Gasteiger partial charge in [-0.1, -0.05) is 30.3 Å².